The molecule has 2 aromatic heterocycles. The van der Waals surface area contributed by atoms with Crippen LogP contribution < -0.4 is 4.72 Å². The maximum absolute atomic E-state index is 13.0. The molecule has 2 heterocycles. The van der Waals surface area contributed by atoms with Crippen LogP contribution in [-0.4, -0.2) is 35.0 Å². The number of sulfonamides is 1. The van der Waals surface area contributed by atoms with E-state index in [2.05, 4.69) is 14.9 Å². The van der Waals surface area contributed by atoms with Gasteiger partial charge in [0.05, 0.1) is 10.9 Å². The van der Waals surface area contributed by atoms with Gasteiger partial charge in [-0.25, -0.2) is 13.1 Å². The molecule has 0 fully saturated rings. The standard InChI is InChI=1S/C18H22N4O2S2/c1-13-7-8-14(2)16(12-13)26(23,24)21-15(9-11-25-3)18-20-19-17-6-4-5-10-22(17)18/h4-8,10,12,15,21H,9,11H2,1-3H3. The molecule has 1 atom stereocenters. The Hall–Kier alpha value is -1.90. The molecule has 1 aromatic carbocycles. The summed E-state index contributed by atoms with van der Waals surface area (Å²) in [5, 5.41) is 8.40. The molecule has 1 unspecified atom stereocenters. The zero-order valence-electron chi connectivity index (χ0n) is 15.0. The lowest BCUT2D eigenvalue weighted by Gasteiger charge is -2.18. The third-order valence-electron chi connectivity index (χ3n) is 4.19. The molecule has 0 spiro atoms. The van der Waals surface area contributed by atoms with Crippen molar-refractivity contribution < 1.29 is 8.42 Å². The number of nitrogens with zero attached hydrogens (tertiary/aromatic N) is 3. The fourth-order valence-electron chi connectivity index (χ4n) is 2.82. The maximum atomic E-state index is 13.0. The van der Waals surface area contributed by atoms with Crippen LogP contribution in [-0.2, 0) is 10.0 Å². The SMILES string of the molecule is CSCCC(NS(=O)(=O)c1cc(C)ccc1C)c1nnc2ccccn12. The number of aromatic nitrogens is 3. The van der Waals surface area contributed by atoms with Crippen LogP contribution in [0.4, 0.5) is 0 Å². The fraction of sp³-hybridized carbons (Fsp3) is 0.333. The molecule has 0 amide bonds. The number of pyridine rings is 1. The van der Waals surface area contributed by atoms with Gasteiger partial charge in [0.15, 0.2) is 11.5 Å². The van der Waals surface area contributed by atoms with Crippen molar-refractivity contribution in [3.8, 4) is 0 Å². The van der Waals surface area contributed by atoms with E-state index in [1.807, 2.05) is 54.1 Å². The monoisotopic (exact) mass is 390 g/mol. The van der Waals surface area contributed by atoms with Crippen molar-refractivity contribution in [2.75, 3.05) is 12.0 Å². The zero-order valence-corrected chi connectivity index (χ0v) is 16.6. The maximum Gasteiger partial charge on any atom is 0.241 e. The number of rotatable bonds is 7. The first-order valence-electron chi connectivity index (χ1n) is 8.30. The summed E-state index contributed by atoms with van der Waals surface area (Å²) in [7, 11) is -3.68. The Morgan fingerprint density at radius 3 is 2.77 bits per heavy atom. The fourth-order valence-corrected chi connectivity index (χ4v) is 4.85. The Morgan fingerprint density at radius 1 is 1.19 bits per heavy atom. The molecule has 1 N–H and O–H groups in total. The third kappa shape index (κ3) is 3.92. The molecule has 3 aromatic rings. The summed E-state index contributed by atoms with van der Waals surface area (Å²) in [6, 6.07) is 10.6. The smallest absolute Gasteiger partial charge is 0.241 e. The largest absolute Gasteiger partial charge is 0.285 e. The van der Waals surface area contributed by atoms with E-state index in [-0.39, 0.29) is 0 Å². The molecule has 0 saturated heterocycles. The Bertz CT molecular complexity index is 1010. The normalized spacial score (nSPS) is 13.2. The highest BCUT2D eigenvalue weighted by atomic mass is 32.2. The quantitative estimate of drug-likeness (QED) is 0.671. The molecule has 0 radical (unpaired) electrons. The molecule has 0 saturated carbocycles. The highest BCUT2D eigenvalue weighted by Crippen LogP contribution is 2.23. The van der Waals surface area contributed by atoms with Gasteiger partial charge >= 0.3 is 0 Å². The molecule has 26 heavy (non-hydrogen) atoms. The van der Waals surface area contributed by atoms with E-state index < -0.39 is 16.1 Å². The molecule has 0 aliphatic carbocycles. The van der Waals surface area contributed by atoms with Crippen molar-refractivity contribution >= 4 is 27.4 Å². The van der Waals surface area contributed by atoms with Crippen LogP contribution >= 0.6 is 11.8 Å². The van der Waals surface area contributed by atoms with Gasteiger partial charge in [0, 0.05) is 6.20 Å². The topological polar surface area (TPSA) is 76.4 Å². The lowest BCUT2D eigenvalue weighted by Crippen LogP contribution is -2.31. The lowest BCUT2D eigenvalue weighted by molar-refractivity contribution is 0.536. The summed E-state index contributed by atoms with van der Waals surface area (Å²) >= 11 is 1.67. The van der Waals surface area contributed by atoms with Gasteiger partial charge in [-0.2, -0.15) is 11.8 Å². The first-order chi connectivity index (χ1) is 12.4. The Morgan fingerprint density at radius 2 is 2.00 bits per heavy atom. The number of benzene rings is 1. The second-order valence-electron chi connectivity index (χ2n) is 6.21. The summed E-state index contributed by atoms with van der Waals surface area (Å²) < 4.78 is 30.7. The predicted octanol–water partition coefficient (Wildman–Crippen LogP) is 3.12. The van der Waals surface area contributed by atoms with Crippen molar-refractivity contribution in [3.05, 3.63) is 59.5 Å². The van der Waals surface area contributed by atoms with Crippen LogP contribution in [0.15, 0.2) is 47.5 Å². The Labute approximate surface area is 158 Å². The second-order valence-corrected chi connectivity index (χ2v) is 8.88. The molecule has 3 rings (SSSR count). The average Bonchev–Trinajstić information content (AvgIpc) is 3.04. The van der Waals surface area contributed by atoms with E-state index in [9.17, 15) is 8.42 Å². The minimum Gasteiger partial charge on any atom is -0.285 e. The minimum absolute atomic E-state index is 0.306. The molecular weight excluding hydrogens is 368 g/mol. The molecule has 8 heteroatoms. The lowest BCUT2D eigenvalue weighted by atomic mass is 10.2. The van der Waals surface area contributed by atoms with Gasteiger partial charge in [-0.1, -0.05) is 18.2 Å². The van der Waals surface area contributed by atoms with Gasteiger partial charge in [-0.15, -0.1) is 10.2 Å². The van der Waals surface area contributed by atoms with Crippen LogP contribution in [0.5, 0.6) is 0 Å². The third-order valence-corrected chi connectivity index (χ3v) is 6.45. The number of aryl methyl sites for hydroxylation is 2. The summed E-state index contributed by atoms with van der Waals surface area (Å²) in [6.45, 7) is 3.69. The Balaban J connectivity index is 1.99. The van der Waals surface area contributed by atoms with Crippen LogP contribution in [0.25, 0.3) is 5.65 Å². The van der Waals surface area contributed by atoms with E-state index in [1.54, 1.807) is 24.8 Å². The van der Waals surface area contributed by atoms with Gasteiger partial charge in [0.25, 0.3) is 0 Å². The van der Waals surface area contributed by atoms with Crippen LogP contribution in [0.2, 0.25) is 0 Å². The van der Waals surface area contributed by atoms with Gasteiger partial charge < -0.3 is 0 Å². The zero-order chi connectivity index (χ0) is 18.7. The highest BCUT2D eigenvalue weighted by molar-refractivity contribution is 7.98. The van der Waals surface area contributed by atoms with Gasteiger partial charge in [0.2, 0.25) is 10.0 Å². The number of thioether (sulfide) groups is 1. The number of hydrogen-bond acceptors (Lipinski definition) is 5. The van der Waals surface area contributed by atoms with Crippen LogP contribution in [0.1, 0.15) is 29.4 Å². The first kappa shape index (κ1) is 18.9. The molecule has 138 valence electrons. The van der Waals surface area contributed by atoms with E-state index in [0.29, 0.717) is 22.8 Å². The average molecular weight is 391 g/mol. The van der Waals surface area contributed by atoms with Crippen molar-refractivity contribution in [1.82, 2.24) is 19.3 Å². The molecular formula is C18H22N4O2S2. The summed E-state index contributed by atoms with van der Waals surface area (Å²) in [5.41, 5.74) is 2.32. The van der Waals surface area contributed by atoms with E-state index in [0.717, 1.165) is 16.9 Å². The van der Waals surface area contributed by atoms with Gasteiger partial charge in [-0.05, 0) is 61.6 Å². The number of fused-ring (bicyclic) bond motifs is 1. The van der Waals surface area contributed by atoms with Crippen LogP contribution in [0, 0.1) is 13.8 Å². The summed E-state index contributed by atoms with van der Waals surface area (Å²) in [5.74, 6) is 1.41. The van der Waals surface area contributed by atoms with Crippen molar-refractivity contribution in [2.45, 2.75) is 31.2 Å². The summed E-state index contributed by atoms with van der Waals surface area (Å²) in [6.07, 6.45) is 4.47. The Kier molecular flexibility index (Phi) is 5.64. The van der Waals surface area contributed by atoms with E-state index >= 15 is 0 Å². The predicted molar refractivity (Wildman–Crippen MR) is 105 cm³/mol. The summed E-state index contributed by atoms with van der Waals surface area (Å²) in [4.78, 5) is 0.306. The number of hydrogen-bond donors (Lipinski definition) is 1. The van der Waals surface area contributed by atoms with Crippen LogP contribution in [0.3, 0.4) is 0 Å². The molecule has 0 aliphatic heterocycles. The number of nitrogens with one attached hydrogen (secondary N) is 1. The van der Waals surface area contributed by atoms with Gasteiger partial charge in [-0.3, -0.25) is 4.40 Å². The van der Waals surface area contributed by atoms with E-state index in [1.165, 1.54) is 0 Å². The van der Waals surface area contributed by atoms with Crippen molar-refractivity contribution in [3.63, 3.8) is 0 Å². The van der Waals surface area contributed by atoms with Gasteiger partial charge in [0.1, 0.15) is 0 Å². The molecule has 6 nitrogen and oxygen atoms in total. The molecule has 0 bridgehead atoms. The molecule has 0 aliphatic rings. The van der Waals surface area contributed by atoms with E-state index in [4.69, 9.17) is 0 Å². The minimum atomic E-state index is -3.68. The van der Waals surface area contributed by atoms with Crippen molar-refractivity contribution in [1.29, 1.82) is 0 Å². The second kappa shape index (κ2) is 7.77. The highest BCUT2D eigenvalue weighted by Gasteiger charge is 2.26. The van der Waals surface area contributed by atoms with Crippen molar-refractivity contribution in [2.24, 2.45) is 0 Å². The first-order valence-corrected chi connectivity index (χ1v) is 11.2.